The topological polar surface area (TPSA) is 107 Å². The van der Waals surface area contributed by atoms with Gasteiger partial charge < -0.3 is 16.0 Å². The molecule has 0 spiro atoms. The van der Waals surface area contributed by atoms with Gasteiger partial charge in [0.25, 0.3) is 5.91 Å². The summed E-state index contributed by atoms with van der Waals surface area (Å²) in [6.07, 6.45) is 2.52. The van der Waals surface area contributed by atoms with E-state index in [4.69, 9.17) is 5.26 Å². The molecule has 2 unspecified atom stereocenters. The maximum absolute atomic E-state index is 12.3. The minimum Gasteiger partial charge on any atom is -0.367 e. The van der Waals surface area contributed by atoms with Crippen LogP contribution in [0.3, 0.4) is 0 Å². The summed E-state index contributed by atoms with van der Waals surface area (Å²) >= 11 is 0. The van der Waals surface area contributed by atoms with Crippen LogP contribution in [0.1, 0.15) is 29.3 Å². The first-order valence-electron chi connectivity index (χ1n) is 8.86. The highest BCUT2D eigenvalue weighted by Gasteiger charge is 2.39. The lowest BCUT2D eigenvalue weighted by molar-refractivity contribution is -0.117. The molecule has 0 radical (unpaired) electrons. The number of aromatic nitrogens is 1. The fourth-order valence-corrected chi connectivity index (χ4v) is 2.76. The van der Waals surface area contributed by atoms with E-state index in [0.29, 0.717) is 41.6 Å². The standard InChI is InChI=1S/C20H21N5O2/c1-13-10-17(13)20(27)25-16-6-2-4-14(11-16)19(26)24-9-8-23-18-15(12-21)5-3-7-22-18/h2-7,11,13,17H,8-10H2,1H3,(H,22,23)(H,24,26)(H,25,27). The molecule has 0 bridgehead atoms. The Kier molecular flexibility index (Phi) is 5.67. The van der Waals surface area contributed by atoms with Crippen molar-refractivity contribution in [2.45, 2.75) is 13.3 Å². The average Bonchev–Trinajstić information content (AvgIpc) is 3.42. The van der Waals surface area contributed by atoms with E-state index in [-0.39, 0.29) is 17.7 Å². The number of amides is 2. The summed E-state index contributed by atoms with van der Waals surface area (Å²) in [7, 11) is 0. The van der Waals surface area contributed by atoms with Gasteiger partial charge in [-0.1, -0.05) is 13.0 Å². The van der Waals surface area contributed by atoms with Crippen molar-refractivity contribution in [2.75, 3.05) is 23.7 Å². The van der Waals surface area contributed by atoms with Gasteiger partial charge in [0.1, 0.15) is 11.9 Å². The zero-order chi connectivity index (χ0) is 19.2. The lowest BCUT2D eigenvalue weighted by Crippen LogP contribution is -2.29. The fraction of sp³-hybridized carbons (Fsp3) is 0.300. The van der Waals surface area contributed by atoms with Crippen LogP contribution in [0.25, 0.3) is 0 Å². The molecule has 1 saturated carbocycles. The molecule has 1 aliphatic rings. The molecular formula is C20H21N5O2. The molecule has 0 aliphatic heterocycles. The van der Waals surface area contributed by atoms with Crippen LogP contribution >= 0.6 is 0 Å². The van der Waals surface area contributed by atoms with E-state index >= 15 is 0 Å². The van der Waals surface area contributed by atoms with Crippen molar-refractivity contribution in [1.29, 1.82) is 5.26 Å². The first kappa shape index (κ1) is 18.4. The largest absolute Gasteiger partial charge is 0.367 e. The van der Waals surface area contributed by atoms with Crippen molar-refractivity contribution in [1.82, 2.24) is 10.3 Å². The average molecular weight is 363 g/mol. The van der Waals surface area contributed by atoms with Gasteiger partial charge in [0.05, 0.1) is 5.56 Å². The lowest BCUT2D eigenvalue weighted by Gasteiger charge is -2.10. The van der Waals surface area contributed by atoms with E-state index in [1.165, 1.54) is 0 Å². The Morgan fingerprint density at radius 3 is 2.81 bits per heavy atom. The number of benzene rings is 1. The number of hydrogen-bond donors (Lipinski definition) is 3. The third-order valence-corrected chi connectivity index (χ3v) is 4.47. The monoisotopic (exact) mass is 363 g/mol. The summed E-state index contributed by atoms with van der Waals surface area (Å²) in [4.78, 5) is 28.4. The van der Waals surface area contributed by atoms with Gasteiger partial charge in [-0.05, 0) is 42.7 Å². The third kappa shape index (κ3) is 4.82. The number of nitrogens with one attached hydrogen (secondary N) is 3. The number of nitriles is 1. The van der Waals surface area contributed by atoms with Gasteiger partial charge in [0.2, 0.25) is 5.91 Å². The van der Waals surface area contributed by atoms with Crippen LogP contribution in [0, 0.1) is 23.2 Å². The molecular weight excluding hydrogens is 342 g/mol. The summed E-state index contributed by atoms with van der Waals surface area (Å²) in [5.41, 5.74) is 1.56. The van der Waals surface area contributed by atoms with Crippen molar-refractivity contribution < 1.29 is 9.59 Å². The van der Waals surface area contributed by atoms with E-state index in [2.05, 4.69) is 27.0 Å². The van der Waals surface area contributed by atoms with Gasteiger partial charge in [-0.25, -0.2) is 4.98 Å². The Bertz CT molecular complexity index is 890. The molecule has 7 nitrogen and oxygen atoms in total. The van der Waals surface area contributed by atoms with Gasteiger partial charge in [-0.2, -0.15) is 5.26 Å². The number of carbonyl (C=O) groups excluding carboxylic acids is 2. The highest BCUT2D eigenvalue weighted by Crippen LogP contribution is 2.38. The molecule has 1 aliphatic carbocycles. The quantitative estimate of drug-likeness (QED) is 0.655. The molecule has 1 aromatic heterocycles. The summed E-state index contributed by atoms with van der Waals surface area (Å²) in [6, 6.07) is 12.3. The van der Waals surface area contributed by atoms with E-state index < -0.39 is 0 Å². The summed E-state index contributed by atoms with van der Waals surface area (Å²) in [6.45, 7) is 2.86. The molecule has 2 aromatic rings. The molecule has 1 aromatic carbocycles. The predicted octanol–water partition coefficient (Wildman–Crippen LogP) is 2.39. The van der Waals surface area contributed by atoms with Crippen LogP contribution in [0.4, 0.5) is 11.5 Å². The van der Waals surface area contributed by atoms with Gasteiger partial charge in [-0.3, -0.25) is 9.59 Å². The predicted molar refractivity (Wildman–Crippen MR) is 102 cm³/mol. The Hall–Kier alpha value is -3.40. The lowest BCUT2D eigenvalue weighted by atomic mass is 10.2. The van der Waals surface area contributed by atoms with Crippen LogP contribution in [0.5, 0.6) is 0 Å². The highest BCUT2D eigenvalue weighted by atomic mass is 16.2. The molecule has 7 heteroatoms. The molecule has 2 atom stereocenters. The number of nitrogens with zero attached hydrogens (tertiary/aromatic N) is 2. The van der Waals surface area contributed by atoms with Gasteiger partial charge in [-0.15, -0.1) is 0 Å². The maximum Gasteiger partial charge on any atom is 0.251 e. The second-order valence-corrected chi connectivity index (χ2v) is 6.58. The van der Waals surface area contributed by atoms with E-state index in [1.54, 1.807) is 42.6 Å². The van der Waals surface area contributed by atoms with Gasteiger partial charge >= 0.3 is 0 Å². The van der Waals surface area contributed by atoms with Crippen molar-refractivity contribution in [2.24, 2.45) is 11.8 Å². The first-order chi connectivity index (χ1) is 13.1. The highest BCUT2D eigenvalue weighted by molar-refractivity contribution is 5.98. The SMILES string of the molecule is CC1CC1C(=O)Nc1cccc(C(=O)NCCNc2ncccc2C#N)c1. The number of anilines is 2. The van der Waals surface area contributed by atoms with Crippen molar-refractivity contribution in [3.63, 3.8) is 0 Å². The molecule has 2 amide bonds. The van der Waals surface area contributed by atoms with Crippen molar-refractivity contribution in [3.05, 3.63) is 53.7 Å². The van der Waals surface area contributed by atoms with E-state index in [0.717, 1.165) is 6.42 Å². The maximum atomic E-state index is 12.3. The number of rotatable bonds is 7. The normalized spacial score (nSPS) is 17.5. The van der Waals surface area contributed by atoms with Crippen molar-refractivity contribution in [3.8, 4) is 6.07 Å². The molecule has 0 saturated heterocycles. The third-order valence-electron chi connectivity index (χ3n) is 4.47. The summed E-state index contributed by atoms with van der Waals surface area (Å²) in [5.74, 6) is 0.790. The minimum atomic E-state index is -0.228. The zero-order valence-corrected chi connectivity index (χ0v) is 15.0. The zero-order valence-electron chi connectivity index (χ0n) is 15.0. The Morgan fingerprint density at radius 1 is 1.26 bits per heavy atom. The molecule has 138 valence electrons. The Balaban J connectivity index is 1.49. The number of carbonyl (C=O) groups is 2. The first-order valence-corrected chi connectivity index (χ1v) is 8.86. The molecule has 3 N–H and O–H groups in total. The summed E-state index contributed by atoms with van der Waals surface area (Å²) in [5, 5.41) is 17.7. The van der Waals surface area contributed by atoms with Crippen LogP contribution < -0.4 is 16.0 Å². The fourth-order valence-electron chi connectivity index (χ4n) is 2.76. The number of pyridine rings is 1. The van der Waals surface area contributed by atoms with Crippen LogP contribution in [-0.2, 0) is 4.79 Å². The second kappa shape index (κ2) is 8.32. The van der Waals surface area contributed by atoms with Gasteiger partial charge in [0, 0.05) is 36.5 Å². The Labute approximate surface area is 157 Å². The smallest absolute Gasteiger partial charge is 0.251 e. The van der Waals surface area contributed by atoms with E-state index in [9.17, 15) is 9.59 Å². The summed E-state index contributed by atoms with van der Waals surface area (Å²) < 4.78 is 0. The van der Waals surface area contributed by atoms with Gasteiger partial charge in [0.15, 0.2) is 0 Å². The second-order valence-electron chi connectivity index (χ2n) is 6.58. The van der Waals surface area contributed by atoms with Crippen LogP contribution in [-0.4, -0.2) is 29.9 Å². The molecule has 27 heavy (non-hydrogen) atoms. The van der Waals surface area contributed by atoms with Crippen LogP contribution in [0.15, 0.2) is 42.6 Å². The Morgan fingerprint density at radius 2 is 2.07 bits per heavy atom. The van der Waals surface area contributed by atoms with Crippen LogP contribution in [0.2, 0.25) is 0 Å². The molecule has 1 fully saturated rings. The molecule has 1 heterocycles. The van der Waals surface area contributed by atoms with Crippen molar-refractivity contribution >= 4 is 23.3 Å². The van der Waals surface area contributed by atoms with E-state index in [1.807, 2.05) is 6.92 Å². The number of hydrogen-bond acceptors (Lipinski definition) is 5. The minimum absolute atomic E-state index is 0.00733. The molecule has 3 rings (SSSR count).